The molecule has 1 fully saturated rings. The Bertz CT molecular complexity index is 145. The van der Waals surface area contributed by atoms with Crippen LogP contribution in [-0.2, 0) is 13.6 Å². The maximum absolute atomic E-state index is 5.56. The summed E-state index contributed by atoms with van der Waals surface area (Å²) in [6, 6.07) is 0. The first-order chi connectivity index (χ1) is 5.38. The van der Waals surface area contributed by atoms with Gasteiger partial charge in [0.15, 0.2) is 0 Å². The van der Waals surface area contributed by atoms with Crippen LogP contribution in [0.2, 0.25) is 0 Å². The van der Waals surface area contributed by atoms with Gasteiger partial charge in [0.05, 0.1) is 17.8 Å². The fraction of sp³-hybridized carbons (Fsp3) is 1.00. The topological polar surface area (TPSA) is 27.7 Å². The molecule has 0 bridgehead atoms. The van der Waals surface area contributed by atoms with Gasteiger partial charge in [0.2, 0.25) is 0 Å². The minimum absolute atomic E-state index is 0.151. The monoisotopic (exact) mass is 192 g/mol. The molecule has 0 spiro atoms. The smallest absolute Gasteiger partial charge is 0.306 e. The van der Waals surface area contributed by atoms with Crippen molar-refractivity contribution in [2.75, 3.05) is 0 Å². The van der Waals surface area contributed by atoms with Crippen molar-refractivity contribution in [3.05, 3.63) is 0 Å². The average Bonchev–Trinajstić information content (AvgIpc) is 2.07. The molecule has 0 aliphatic carbocycles. The molecule has 0 radical (unpaired) electrons. The molecule has 4 heteroatoms. The third kappa shape index (κ3) is 2.98. The Balaban J connectivity index is 2.38. The number of hydrogen-bond donors (Lipinski definition) is 0. The van der Waals surface area contributed by atoms with Gasteiger partial charge in [-0.2, -0.15) is 0 Å². The average molecular weight is 192 g/mol. The Kier molecular flexibility index (Phi) is 3.11. The van der Waals surface area contributed by atoms with E-state index in [1.807, 2.05) is 34.6 Å². The summed E-state index contributed by atoms with van der Waals surface area (Å²) in [5.74, 6) is 0. The largest absolute Gasteiger partial charge is 0.333 e. The van der Waals surface area contributed by atoms with E-state index in [0.717, 1.165) is 0 Å². The van der Waals surface area contributed by atoms with Crippen molar-refractivity contribution in [3.63, 3.8) is 0 Å². The van der Waals surface area contributed by atoms with Crippen LogP contribution in [0.5, 0.6) is 0 Å². The zero-order valence-electron chi connectivity index (χ0n) is 8.33. The van der Waals surface area contributed by atoms with Crippen LogP contribution in [0.4, 0.5) is 0 Å². The molecule has 1 aliphatic heterocycles. The summed E-state index contributed by atoms with van der Waals surface area (Å²) < 4.78 is 16.5. The maximum atomic E-state index is 5.56. The lowest BCUT2D eigenvalue weighted by atomic mass is 10.2. The third-order valence-electron chi connectivity index (χ3n) is 1.51. The van der Waals surface area contributed by atoms with Crippen LogP contribution in [0.1, 0.15) is 34.6 Å². The van der Waals surface area contributed by atoms with E-state index < -0.39 is 8.60 Å². The zero-order chi connectivity index (χ0) is 9.35. The normalized spacial score (nSPS) is 32.8. The summed E-state index contributed by atoms with van der Waals surface area (Å²) in [4.78, 5) is 0. The van der Waals surface area contributed by atoms with Gasteiger partial charge >= 0.3 is 8.60 Å². The van der Waals surface area contributed by atoms with Gasteiger partial charge in [-0.25, -0.2) is 0 Å². The van der Waals surface area contributed by atoms with Crippen LogP contribution >= 0.6 is 8.60 Å². The lowest BCUT2D eigenvalue weighted by Gasteiger charge is -2.21. The summed E-state index contributed by atoms with van der Waals surface area (Å²) in [5.41, 5.74) is -0.185. The van der Waals surface area contributed by atoms with Crippen LogP contribution in [0, 0.1) is 0 Å². The molecule has 12 heavy (non-hydrogen) atoms. The van der Waals surface area contributed by atoms with E-state index >= 15 is 0 Å². The molecule has 0 aromatic carbocycles. The van der Waals surface area contributed by atoms with Crippen LogP contribution < -0.4 is 0 Å². The highest BCUT2D eigenvalue weighted by Crippen LogP contribution is 2.51. The van der Waals surface area contributed by atoms with Gasteiger partial charge in [-0.1, -0.05) is 0 Å². The van der Waals surface area contributed by atoms with E-state index in [4.69, 9.17) is 13.6 Å². The van der Waals surface area contributed by atoms with E-state index in [0.29, 0.717) is 0 Å². The van der Waals surface area contributed by atoms with E-state index in [-0.39, 0.29) is 17.8 Å². The van der Waals surface area contributed by atoms with Crippen molar-refractivity contribution in [3.8, 4) is 0 Å². The molecule has 0 aromatic rings. The SMILES string of the molecule is C[C@H]1OP(OC(C)(C)C)O[C@@H]1C. The quantitative estimate of drug-likeness (QED) is 0.598. The molecule has 3 nitrogen and oxygen atoms in total. The van der Waals surface area contributed by atoms with E-state index in [1.165, 1.54) is 0 Å². The molecular formula is C8H17O3P. The van der Waals surface area contributed by atoms with E-state index in [1.54, 1.807) is 0 Å². The van der Waals surface area contributed by atoms with Gasteiger partial charge in [-0.15, -0.1) is 0 Å². The molecule has 0 amide bonds. The molecule has 1 heterocycles. The zero-order valence-corrected chi connectivity index (χ0v) is 9.22. The number of rotatable bonds is 1. The Labute approximate surface area is 75.4 Å². The Morgan fingerprint density at radius 3 is 1.83 bits per heavy atom. The van der Waals surface area contributed by atoms with E-state index in [2.05, 4.69) is 0 Å². The molecule has 1 aliphatic rings. The van der Waals surface area contributed by atoms with E-state index in [9.17, 15) is 0 Å². The second-order valence-corrected chi connectivity index (χ2v) is 5.10. The van der Waals surface area contributed by atoms with Crippen molar-refractivity contribution >= 4 is 8.60 Å². The van der Waals surface area contributed by atoms with Gasteiger partial charge < -0.3 is 13.6 Å². The second-order valence-electron chi connectivity index (χ2n) is 4.05. The lowest BCUT2D eigenvalue weighted by molar-refractivity contribution is 0.103. The van der Waals surface area contributed by atoms with Crippen molar-refractivity contribution < 1.29 is 13.6 Å². The second kappa shape index (κ2) is 3.59. The first-order valence-corrected chi connectivity index (χ1v) is 5.31. The summed E-state index contributed by atoms with van der Waals surface area (Å²) in [6.07, 6.45) is 0.303. The molecular weight excluding hydrogens is 175 g/mol. The molecule has 2 atom stereocenters. The van der Waals surface area contributed by atoms with Crippen molar-refractivity contribution in [2.45, 2.75) is 52.4 Å². The van der Waals surface area contributed by atoms with Crippen molar-refractivity contribution in [2.24, 2.45) is 0 Å². The van der Waals surface area contributed by atoms with Gasteiger partial charge in [-0.3, -0.25) is 0 Å². The summed E-state index contributed by atoms with van der Waals surface area (Å²) in [6.45, 7) is 9.99. The highest BCUT2D eigenvalue weighted by molar-refractivity contribution is 7.42. The summed E-state index contributed by atoms with van der Waals surface area (Å²) in [5, 5.41) is 0. The predicted octanol–water partition coefficient (Wildman–Crippen LogP) is 2.85. The molecule has 0 unspecified atom stereocenters. The predicted molar refractivity (Wildman–Crippen MR) is 48.9 cm³/mol. The lowest BCUT2D eigenvalue weighted by Crippen LogP contribution is -2.16. The van der Waals surface area contributed by atoms with Crippen LogP contribution in [0.3, 0.4) is 0 Å². The van der Waals surface area contributed by atoms with Crippen LogP contribution in [0.25, 0.3) is 0 Å². The molecule has 1 saturated heterocycles. The van der Waals surface area contributed by atoms with Gasteiger partial charge in [0.25, 0.3) is 0 Å². The third-order valence-corrected chi connectivity index (χ3v) is 3.22. The van der Waals surface area contributed by atoms with Crippen molar-refractivity contribution in [1.82, 2.24) is 0 Å². The van der Waals surface area contributed by atoms with Crippen molar-refractivity contribution in [1.29, 1.82) is 0 Å². The summed E-state index contributed by atoms with van der Waals surface area (Å²) >= 11 is 0. The molecule has 1 rings (SSSR count). The highest BCUT2D eigenvalue weighted by atomic mass is 31.2. The number of hydrogen-bond acceptors (Lipinski definition) is 3. The summed E-state index contributed by atoms with van der Waals surface area (Å²) in [7, 11) is -1.11. The first kappa shape index (κ1) is 10.4. The molecule has 72 valence electrons. The molecule has 0 N–H and O–H groups in total. The Morgan fingerprint density at radius 1 is 1.08 bits per heavy atom. The molecule has 0 aromatic heterocycles. The van der Waals surface area contributed by atoms with Crippen LogP contribution in [-0.4, -0.2) is 17.8 Å². The minimum atomic E-state index is -1.11. The fourth-order valence-electron chi connectivity index (χ4n) is 0.734. The van der Waals surface area contributed by atoms with Gasteiger partial charge in [0, 0.05) is 0 Å². The first-order valence-electron chi connectivity index (χ1n) is 4.21. The maximum Gasteiger partial charge on any atom is 0.333 e. The fourth-order valence-corrected chi connectivity index (χ4v) is 2.20. The Hall–Kier alpha value is 0.310. The minimum Gasteiger partial charge on any atom is -0.306 e. The standard InChI is InChI=1S/C8H17O3P/c1-6-7(2)10-12(9-6)11-8(3,4)5/h6-7H,1-5H3/t6-,7-/m1/s1. The van der Waals surface area contributed by atoms with Gasteiger partial charge in [-0.05, 0) is 34.6 Å². The van der Waals surface area contributed by atoms with Gasteiger partial charge in [0.1, 0.15) is 0 Å². The molecule has 0 saturated carbocycles. The Morgan fingerprint density at radius 2 is 1.50 bits per heavy atom. The highest BCUT2D eigenvalue weighted by Gasteiger charge is 2.34. The van der Waals surface area contributed by atoms with Crippen LogP contribution in [0.15, 0.2) is 0 Å².